The number of methoxy groups -OCH3 is 1. The van der Waals surface area contributed by atoms with Gasteiger partial charge in [0.25, 0.3) is 0 Å². The first kappa shape index (κ1) is 16.2. The lowest BCUT2D eigenvalue weighted by atomic mass is 10.2. The summed E-state index contributed by atoms with van der Waals surface area (Å²) in [5.74, 6) is -0.381. The van der Waals surface area contributed by atoms with E-state index in [1.807, 2.05) is 12.1 Å². The van der Waals surface area contributed by atoms with Crippen LogP contribution in [-0.4, -0.2) is 28.8 Å². The van der Waals surface area contributed by atoms with E-state index in [2.05, 4.69) is 45.3 Å². The second-order valence-corrected chi connectivity index (χ2v) is 6.18. The number of nitrogens with zero attached hydrogens (tertiary/aromatic N) is 3. The fourth-order valence-electron chi connectivity index (χ4n) is 2.52. The second kappa shape index (κ2) is 6.84. The van der Waals surface area contributed by atoms with Crippen molar-refractivity contribution in [1.29, 1.82) is 0 Å². The molecule has 0 radical (unpaired) electrons. The molecule has 2 aromatic heterocycles. The number of para-hydroxylation sites is 1. The minimum atomic E-state index is -0.381. The average Bonchev–Trinajstić information content (AvgIpc) is 3.15. The van der Waals surface area contributed by atoms with Crippen LogP contribution < -0.4 is 5.43 Å². The molecular formula is C17H18N4O2S. The zero-order valence-electron chi connectivity index (χ0n) is 13.7. The molecule has 124 valence electrons. The summed E-state index contributed by atoms with van der Waals surface area (Å²) in [6, 6.07) is 8.21. The van der Waals surface area contributed by atoms with E-state index in [-0.39, 0.29) is 5.97 Å². The number of hydrazone groups is 1. The first-order valence-electron chi connectivity index (χ1n) is 7.56. The van der Waals surface area contributed by atoms with Crippen LogP contribution in [-0.2, 0) is 11.3 Å². The van der Waals surface area contributed by atoms with E-state index < -0.39 is 0 Å². The number of aromatic nitrogens is 2. The van der Waals surface area contributed by atoms with Crippen molar-refractivity contribution in [3.63, 3.8) is 0 Å². The molecule has 0 saturated carbocycles. The number of aryl methyl sites for hydroxylation is 2. The Morgan fingerprint density at radius 2 is 2.25 bits per heavy atom. The van der Waals surface area contributed by atoms with Crippen molar-refractivity contribution in [2.45, 2.75) is 20.4 Å². The van der Waals surface area contributed by atoms with Crippen LogP contribution in [0.4, 0.5) is 5.13 Å². The Labute approximate surface area is 143 Å². The summed E-state index contributed by atoms with van der Waals surface area (Å²) >= 11 is 1.22. The lowest BCUT2D eigenvalue weighted by Crippen LogP contribution is -1.99. The van der Waals surface area contributed by atoms with Gasteiger partial charge in [-0.3, -0.25) is 5.43 Å². The SMILES string of the molecule is CCn1cc(/C=N\Nc2nc(C)c(C(=O)OC)s2)c2ccccc21. The zero-order chi connectivity index (χ0) is 17.1. The third-order valence-electron chi connectivity index (χ3n) is 3.69. The molecule has 0 bridgehead atoms. The van der Waals surface area contributed by atoms with Gasteiger partial charge in [0.1, 0.15) is 4.88 Å². The summed E-state index contributed by atoms with van der Waals surface area (Å²) in [5, 5.41) is 5.96. The number of carbonyl (C=O) groups is 1. The third kappa shape index (κ3) is 3.03. The normalized spacial score (nSPS) is 11.3. The summed E-state index contributed by atoms with van der Waals surface area (Å²) in [7, 11) is 1.36. The van der Waals surface area contributed by atoms with Crippen molar-refractivity contribution >= 4 is 39.6 Å². The van der Waals surface area contributed by atoms with E-state index in [1.165, 1.54) is 24.0 Å². The molecule has 2 heterocycles. The third-order valence-corrected chi connectivity index (χ3v) is 4.73. The molecule has 24 heavy (non-hydrogen) atoms. The summed E-state index contributed by atoms with van der Waals surface area (Å²) in [6.45, 7) is 4.78. The molecule has 0 saturated heterocycles. The quantitative estimate of drug-likeness (QED) is 0.436. The Balaban J connectivity index is 1.81. The number of anilines is 1. The van der Waals surface area contributed by atoms with Crippen LogP contribution in [0.2, 0.25) is 0 Å². The number of thiazole rings is 1. The van der Waals surface area contributed by atoms with Crippen molar-refractivity contribution < 1.29 is 9.53 Å². The van der Waals surface area contributed by atoms with Gasteiger partial charge in [-0.25, -0.2) is 9.78 Å². The number of fused-ring (bicyclic) bond motifs is 1. The van der Waals surface area contributed by atoms with Gasteiger partial charge in [0, 0.05) is 29.2 Å². The standard InChI is InChI=1S/C17H18N4O2S/c1-4-21-10-12(13-7-5-6-8-14(13)21)9-18-20-17-19-11(2)15(24-17)16(22)23-3/h5-10H,4H2,1-3H3,(H,19,20)/b18-9-. The van der Waals surface area contributed by atoms with Crippen LogP contribution in [0.25, 0.3) is 10.9 Å². The van der Waals surface area contributed by atoms with Gasteiger partial charge < -0.3 is 9.30 Å². The van der Waals surface area contributed by atoms with Crippen LogP contribution in [0.3, 0.4) is 0 Å². The minimum Gasteiger partial charge on any atom is -0.465 e. The van der Waals surface area contributed by atoms with E-state index in [0.717, 1.165) is 17.5 Å². The first-order valence-corrected chi connectivity index (χ1v) is 8.38. The fraction of sp³-hybridized carbons (Fsp3) is 0.235. The van der Waals surface area contributed by atoms with Gasteiger partial charge >= 0.3 is 5.97 Å². The highest BCUT2D eigenvalue weighted by atomic mass is 32.1. The van der Waals surface area contributed by atoms with Crippen molar-refractivity contribution in [2.24, 2.45) is 5.10 Å². The van der Waals surface area contributed by atoms with Gasteiger partial charge in [0.15, 0.2) is 0 Å². The topological polar surface area (TPSA) is 68.5 Å². The molecule has 0 spiro atoms. The Morgan fingerprint density at radius 3 is 3.00 bits per heavy atom. The molecule has 6 nitrogen and oxygen atoms in total. The van der Waals surface area contributed by atoms with Crippen LogP contribution in [0.1, 0.15) is 27.9 Å². The molecule has 1 aromatic carbocycles. The highest BCUT2D eigenvalue weighted by Gasteiger charge is 2.15. The lowest BCUT2D eigenvalue weighted by Gasteiger charge is -1.97. The number of carbonyl (C=O) groups excluding carboxylic acids is 1. The number of hydrogen-bond acceptors (Lipinski definition) is 6. The van der Waals surface area contributed by atoms with Gasteiger partial charge in [-0.05, 0) is 19.9 Å². The molecule has 0 aliphatic heterocycles. The summed E-state index contributed by atoms with van der Waals surface area (Å²) < 4.78 is 6.91. The van der Waals surface area contributed by atoms with Crippen molar-refractivity contribution in [2.75, 3.05) is 12.5 Å². The maximum Gasteiger partial charge on any atom is 0.350 e. The number of hydrogen-bond donors (Lipinski definition) is 1. The molecule has 1 N–H and O–H groups in total. The lowest BCUT2D eigenvalue weighted by molar-refractivity contribution is 0.0605. The second-order valence-electron chi connectivity index (χ2n) is 5.18. The van der Waals surface area contributed by atoms with Crippen molar-refractivity contribution in [3.05, 3.63) is 46.6 Å². The number of esters is 1. The van der Waals surface area contributed by atoms with Crippen LogP contribution >= 0.6 is 11.3 Å². The minimum absolute atomic E-state index is 0.381. The predicted molar refractivity (Wildman–Crippen MR) is 97.0 cm³/mol. The first-order chi connectivity index (χ1) is 11.6. The summed E-state index contributed by atoms with van der Waals surface area (Å²) in [4.78, 5) is 16.4. The van der Waals surface area contributed by atoms with E-state index in [9.17, 15) is 4.79 Å². The number of ether oxygens (including phenoxy) is 1. The van der Waals surface area contributed by atoms with Crippen molar-refractivity contribution in [3.8, 4) is 0 Å². The number of nitrogens with one attached hydrogen (secondary N) is 1. The molecule has 3 rings (SSSR count). The molecule has 0 atom stereocenters. The van der Waals surface area contributed by atoms with E-state index in [1.54, 1.807) is 13.1 Å². The smallest absolute Gasteiger partial charge is 0.350 e. The Kier molecular flexibility index (Phi) is 4.61. The molecule has 0 fully saturated rings. The predicted octanol–water partition coefficient (Wildman–Crippen LogP) is 3.66. The van der Waals surface area contributed by atoms with Crippen LogP contribution in [0, 0.1) is 6.92 Å². The Morgan fingerprint density at radius 1 is 1.46 bits per heavy atom. The van der Waals surface area contributed by atoms with Gasteiger partial charge in [-0.2, -0.15) is 5.10 Å². The van der Waals surface area contributed by atoms with E-state index in [4.69, 9.17) is 4.74 Å². The molecule has 3 aromatic rings. The maximum atomic E-state index is 11.6. The number of benzene rings is 1. The van der Waals surface area contributed by atoms with Gasteiger partial charge in [0.05, 0.1) is 19.0 Å². The van der Waals surface area contributed by atoms with Gasteiger partial charge in [-0.1, -0.05) is 29.5 Å². The van der Waals surface area contributed by atoms with Crippen LogP contribution in [0.5, 0.6) is 0 Å². The van der Waals surface area contributed by atoms with Gasteiger partial charge in [0.2, 0.25) is 5.13 Å². The molecule has 0 aliphatic rings. The molecule has 7 heteroatoms. The molecule has 0 unspecified atom stereocenters. The van der Waals surface area contributed by atoms with Crippen molar-refractivity contribution in [1.82, 2.24) is 9.55 Å². The Bertz CT molecular complexity index is 911. The van der Waals surface area contributed by atoms with E-state index in [0.29, 0.717) is 15.7 Å². The van der Waals surface area contributed by atoms with E-state index >= 15 is 0 Å². The summed E-state index contributed by atoms with van der Waals surface area (Å²) in [5.41, 5.74) is 5.73. The molecular weight excluding hydrogens is 324 g/mol. The zero-order valence-corrected chi connectivity index (χ0v) is 14.6. The van der Waals surface area contributed by atoms with Gasteiger partial charge in [-0.15, -0.1) is 0 Å². The summed E-state index contributed by atoms with van der Waals surface area (Å²) in [6.07, 6.45) is 3.84. The Hall–Kier alpha value is -2.67. The monoisotopic (exact) mass is 342 g/mol. The molecule has 0 amide bonds. The maximum absolute atomic E-state index is 11.6. The average molecular weight is 342 g/mol. The molecule has 0 aliphatic carbocycles. The fourth-order valence-corrected chi connectivity index (χ4v) is 3.36. The highest BCUT2D eigenvalue weighted by molar-refractivity contribution is 7.17. The largest absolute Gasteiger partial charge is 0.465 e. The highest BCUT2D eigenvalue weighted by Crippen LogP contribution is 2.23. The van der Waals surface area contributed by atoms with Crippen LogP contribution in [0.15, 0.2) is 35.6 Å². The number of rotatable bonds is 5.